The summed E-state index contributed by atoms with van der Waals surface area (Å²) in [4.78, 5) is 11.3. The average molecular weight is 259 g/mol. The van der Waals surface area contributed by atoms with E-state index >= 15 is 0 Å². The molecule has 0 saturated heterocycles. The third-order valence-corrected chi connectivity index (χ3v) is 3.41. The van der Waals surface area contributed by atoms with E-state index < -0.39 is 0 Å². The van der Waals surface area contributed by atoms with Gasteiger partial charge in [-0.2, -0.15) is 0 Å². The van der Waals surface area contributed by atoms with E-state index in [1.54, 1.807) is 6.07 Å². The van der Waals surface area contributed by atoms with Gasteiger partial charge >= 0.3 is 0 Å². The van der Waals surface area contributed by atoms with Gasteiger partial charge in [-0.1, -0.05) is 13.3 Å². The largest absolute Gasteiger partial charge is 0.366 e. The summed E-state index contributed by atoms with van der Waals surface area (Å²) in [6.07, 6.45) is 5.27. The Bertz CT molecular complexity index is 586. The van der Waals surface area contributed by atoms with E-state index in [0.29, 0.717) is 12.1 Å². The minimum Gasteiger partial charge on any atom is -0.366 e. The van der Waals surface area contributed by atoms with Crippen LogP contribution in [0.15, 0.2) is 24.4 Å². The van der Waals surface area contributed by atoms with Crippen LogP contribution in [0.2, 0.25) is 0 Å². The Hall–Kier alpha value is -1.81. The fraction of sp³-hybridized carbons (Fsp3) is 0.400. The smallest absolute Gasteiger partial charge is 0.248 e. The summed E-state index contributed by atoms with van der Waals surface area (Å²) in [6, 6.07) is 5.65. The van der Waals surface area contributed by atoms with E-state index in [2.05, 4.69) is 17.7 Å². The van der Waals surface area contributed by atoms with E-state index in [0.717, 1.165) is 36.7 Å². The molecule has 0 bridgehead atoms. The Labute approximate surface area is 113 Å². The van der Waals surface area contributed by atoms with Crippen molar-refractivity contribution < 1.29 is 4.79 Å². The summed E-state index contributed by atoms with van der Waals surface area (Å²) in [7, 11) is 0. The van der Waals surface area contributed by atoms with Gasteiger partial charge in [0.1, 0.15) is 0 Å². The fourth-order valence-corrected chi connectivity index (χ4v) is 2.39. The molecule has 0 aliphatic carbocycles. The van der Waals surface area contributed by atoms with Crippen molar-refractivity contribution >= 4 is 16.8 Å². The molecule has 4 heteroatoms. The van der Waals surface area contributed by atoms with Gasteiger partial charge in [-0.05, 0) is 43.1 Å². The lowest BCUT2D eigenvalue weighted by molar-refractivity contribution is 0.100. The van der Waals surface area contributed by atoms with Crippen molar-refractivity contribution in [2.45, 2.75) is 32.7 Å². The minimum absolute atomic E-state index is 0.387. The van der Waals surface area contributed by atoms with Gasteiger partial charge in [-0.3, -0.25) is 4.79 Å². The van der Waals surface area contributed by atoms with Crippen molar-refractivity contribution in [1.82, 2.24) is 4.57 Å². The van der Waals surface area contributed by atoms with Crippen LogP contribution in [-0.2, 0) is 13.0 Å². The molecule has 2 rings (SSSR count). The van der Waals surface area contributed by atoms with Gasteiger partial charge in [0.05, 0.1) is 0 Å². The molecule has 1 heterocycles. The van der Waals surface area contributed by atoms with E-state index in [1.807, 2.05) is 12.1 Å². The molecule has 1 aromatic heterocycles. The minimum atomic E-state index is -0.387. The Morgan fingerprint density at radius 3 is 2.79 bits per heavy atom. The predicted molar refractivity (Wildman–Crippen MR) is 78.1 cm³/mol. The van der Waals surface area contributed by atoms with Crippen LogP contribution in [0.4, 0.5) is 0 Å². The molecule has 0 unspecified atom stereocenters. The van der Waals surface area contributed by atoms with Gasteiger partial charge in [0.2, 0.25) is 5.91 Å². The molecule has 4 nitrogen and oxygen atoms in total. The summed E-state index contributed by atoms with van der Waals surface area (Å²) in [5.74, 6) is -0.387. The Balaban J connectivity index is 2.50. The zero-order valence-electron chi connectivity index (χ0n) is 11.4. The number of hydrogen-bond acceptors (Lipinski definition) is 2. The second kappa shape index (κ2) is 5.89. The lowest BCUT2D eigenvalue weighted by Crippen LogP contribution is -2.10. The Morgan fingerprint density at radius 2 is 2.16 bits per heavy atom. The number of carbonyl (C=O) groups excluding carboxylic acids is 1. The lowest BCUT2D eigenvalue weighted by atomic mass is 10.1. The summed E-state index contributed by atoms with van der Waals surface area (Å²) in [6.45, 7) is 3.78. The van der Waals surface area contributed by atoms with Crippen LogP contribution >= 0.6 is 0 Å². The number of aromatic nitrogens is 1. The first kappa shape index (κ1) is 13.6. The Kier molecular flexibility index (Phi) is 4.22. The molecule has 0 fully saturated rings. The fourth-order valence-electron chi connectivity index (χ4n) is 2.39. The van der Waals surface area contributed by atoms with Crippen LogP contribution in [0.1, 0.15) is 35.7 Å². The van der Waals surface area contributed by atoms with Crippen molar-refractivity contribution in [2.75, 3.05) is 6.54 Å². The van der Waals surface area contributed by atoms with Crippen LogP contribution < -0.4 is 11.5 Å². The van der Waals surface area contributed by atoms with Crippen LogP contribution in [-0.4, -0.2) is 17.0 Å². The molecule has 0 radical (unpaired) electrons. The molecule has 1 amide bonds. The van der Waals surface area contributed by atoms with Crippen molar-refractivity contribution in [3.63, 3.8) is 0 Å². The maximum atomic E-state index is 11.3. The van der Waals surface area contributed by atoms with Crippen molar-refractivity contribution in [2.24, 2.45) is 11.5 Å². The topological polar surface area (TPSA) is 74.0 Å². The number of fused-ring (bicyclic) bond motifs is 1. The normalized spacial score (nSPS) is 11.1. The van der Waals surface area contributed by atoms with Gasteiger partial charge in [0.15, 0.2) is 0 Å². The standard InChI is InChI=1S/C15H21N3O/c1-2-3-8-18-10-12(6-7-16)13-9-11(15(17)19)4-5-14(13)18/h4-5,9-10H,2-3,6-8,16H2,1H3,(H2,17,19). The van der Waals surface area contributed by atoms with E-state index in [-0.39, 0.29) is 5.91 Å². The van der Waals surface area contributed by atoms with Gasteiger partial charge in [0.25, 0.3) is 0 Å². The van der Waals surface area contributed by atoms with Crippen molar-refractivity contribution in [3.8, 4) is 0 Å². The lowest BCUT2D eigenvalue weighted by Gasteiger charge is -2.04. The van der Waals surface area contributed by atoms with Crippen LogP contribution in [0, 0.1) is 0 Å². The number of aryl methyl sites for hydroxylation is 1. The third kappa shape index (κ3) is 2.79. The van der Waals surface area contributed by atoms with Crippen molar-refractivity contribution in [3.05, 3.63) is 35.5 Å². The highest BCUT2D eigenvalue weighted by atomic mass is 16.1. The van der Waals surface area contributed by atoms with Crippen LogP contribution in [0.25, 0.3) is 10.9 Å². The van der Waals surface area contributed by atoms with Crippen LogP contribution in [0.5, 0.6) is 0 Å². The van der Waals surface area contributed by atoms with E-state index in [9.17, 15) is 4.79 Å². The van der Waals surface area contributed by atoms with E-state index in [1.165, 1.54) is 5.56 Å². The molecular formula is C15H21N3O. The van der Waals surface area contributed by atoms with Gasteiger partial charge in [-0.15, -0.1) is 0 Å². The molecule has 1 aromatic carbocycles. The first-order chi connectivity index (χ1) is 9.17. The highest BCUT2D eigenvalue weighted by Gasteiger charge is 2.10. The number of benzene rings is 1. The molecule has 19 heavy (non-hydrogen) atoms. The summed E-state index contributed by atoms with van der Waals surface area (Å²) in [5.41, 5.74) is 13.9. The monoisotopic (exact) mass is 259 g/mol. The second-order valence-electron chi connectivity index (χ2n) is 4.84. The predicted octanol–water partition coefficient (Wildman–Crippen LogP) is 2.04. The van der Waals surface area contributed by atoms with Gasteiger partial charge in [0, 0.05) is 29.2 Å². The molecule has 0 aliphatic rings. The molecule has 4 N–H and O–H groups in total. The van der Waals surface area contributed by atoms with Crippen molar-refractivity contribution in [1.29, 1.82) is 0 Å². The molecule has 0 atom stereocenters. The molecule has 0 aliphatic heterocycles. The summed E-state index contributed by atoms with van der Waals surface area (Å²) >= 11 is 0. The summed E-state index contributed by atoms with van der Waals surface area (Å²) < 4.78 is 2.24. The number of amides is 1. The number of carbonyl (C=O) groups is 1. The number of hydrogen-bond donors (Lipinski definition) is 2. The quantitative estimate of drug-likeness (QED) is 0.833. The molecular weight excluding hydrogens is 238 g/mol. The molecule has 0 saturated carbocycles. The number of primary amides is 1. The van der Waals surface area contributed by atoms with Gasteiger partial charge in [-0.25, -0.2) is 0 Å². The first-order valence-electron chi connectivity index (χ1n) is 6.79. The highest BCUT2D eigenvalue weighted by Crippen LogP contribution is 2.23. The van der Waals surface area contributed by atoms with Gasteiger partial charge < -0.3 is 16.0 Å². The molecule has 2 aromatic rings. The second-order valence-corrected chi connectivity index (χ2v) is 4.84. The number of nitrogens with two attached hydrogens (primary N) is 2. The zero-order chi connectivity index (χ0) is 13.8. The van der Waals surface area contributed by atoms with Crippen LogP contribution in [0.3, 0.4) is 0 Å². The zero-order valence-corrected chi connectivity index (χ0v) is 11.4. The third-order valence-electron chi connectivity index (χ3n) is 3.41. The SMILES string of the molecule is CCCCn1cc(CCN)c2cc(C(N)=O)ccc21. The number of rotatable bonds is 6. The number of nitrogens with zero attached hydrogens (tertiary/aromatic N) is 1. The molecule has 0 spiro atoms. The Morgan fingerprint density at radius 1 is 1.37 bits per heavy atom. The first-order valence-corrected chi connectivity index (χ1v) is 6.79. The summed E-state index contributed by atoms with van der Waals surface area (Å²) in [5, 5.41) is 1.10. The average Bonchev–Trinajstić information content (AvgIpc) is 2.74. The van der Waals surface area contributed by atoms with E-state index in [4.69, 9.17) is 11.5 Å². The maximum absolute atomic E-state index is 11.3. The number of unbranched alkanes of at least 4 members (excludes halogenated alkanes) is 1. The highest BCUT2D eigenvalue weighted by molar-refractivity contribution is 5.98. The molecule has 102 valence electrons. The maximum Gasteiger partial charge on any atom is 0.248 e.